The Kier molecular flexibility index (Phi) is 6.50. The molecule has 0 aliphatic carbocycles. The molecule has 32 heavy (non-hydrogen) atoms. The quantitative estimate of drug-likeness (QED) is 0.548. The molecule has 1 amide bonds. The summed E-state index contributed by atoms with van der Waals surface area (Å²) >= 11 is 0. The summed E-state index contributed by atoms with van der Waals surface area (Å²) in [6.07, 6.45) is -2.70. The first-order valence-electron chi connectivity index (χ1n) is 10.2. The number of carbonyl (C=O) groups is 1. The highest BCUT2D eigenvalue weighted by Crippen LogP contribution is 2.32. The Balaban J connectivity index is 1.50. The predicted molar refractivity (Wildman–Crippen MR) is 111 cm³/mol. The molecule has 1 atom stereocenters. The van der Waals surface area contributed by atoms with Gasteiger partial charge < -0.3 is 19.5 Å². The van der Waals surface area contributed by atoms with Crippen molar-refractivity contribution in [1.82, 2.24) is 5.32 Å². The van der Waals surface area contributed by atoms with Gasteiger partial charge in [-0.15, -0.1) is 0 Å². The predicted octanol–water partition coefficient (Wildman–Crippen LogP) is 3.85. The van der Waals surface area contributed by atoms with E-state index in [1.54, 1.807) is 18.2 Å². The maximum absolute atomic E-state index is 12.8. The van der Waals surface area contributed by atoms with E-state index >= 15 is 0 Å². The number of halogens is 3. The van der Waals surface area contributed by atoms with Gasteiger partial charge in [-0.3, -0.25) is 10.1 Å². The van der Waals surface area contributed by atoms with E-state index in [4.69, 9.17) is 14.2 Å². The number of nitrogens with one attached hydrogen (secondary N) is 2. The average molecular weight is 449 g/mol. The van der Waals surface area contributed by atoms with Crippen molar-refractivity contribution in [3.05, 3.63) is 53.6 Å². The van der Waals surface area contributed by atoms with Crippen LogP contribution in [0.3, 0.4) is 0 Å². The van der Waals surface area contributed by atoms with E-state index in [-0.39, 0.29) is 17.6 Å². The van der Waals surface area contributed by atoms with Crippen LogP contribution in [0, 0.1) is 0 Å². The molecule has 0 spiro atoms. The van der Waals surface area contributed by atoms with E-state index in [0.29, 0.717) is 43.6 Å². The number of benzene rings is 2. The summed E-state index contributed by atoms with van der Waals surface area (Å²) < 4.78 is 55.0. The van der Waals surface area contributed by atoms with Crippen LogP contribution in [-0.2, 0) is 10.9 Å². The number of aliphatic imine (C=N–C) groups is 1. The van der Waals surface area contributed by atoms with Crippen molar-refractivity contribution >= 4 is 17.6 Å². The molecule has 0 aromatic heterocycles. The van der Waals surface area contributed by atoms with Crippen LogP contribution in [0.15, 0.2) is 47.5 Å². The zero-order chi connectivity index (χ0) is 22.6. The molecule has 0 radical (unpaired) electrons. The molecule has 0 bridgehead atoms. The molecule has 170 valence electrons. The molecule has 2 aliphatic rings. The largest absolute Gasteiger partial charge is 0.486 e. The summed E-state index contributed by atoms with van der Waals surface area (Å²) in [4.78, 5) is 17.1. The van der Waals surface area contributed by atoms with E-state index < -0.39 is 17.6 Å². The molecule has 2 N–H and O–H groups in total. The Morgan fingerprint density at radius 3 is 2.47 bits per heavy atom. The second kappa shape index (κ2) is 9.47. The van der Waals surface area contributed by atoms with Gasteiger partial charge in [-0.1, -0.05) is 0 Å². The Labute approximate surface area is 182 Å². The van der Waals surface area contributed by atoms with Gasteiger partial charge in [0.25, 0.3) is 5.91 Å². The summed E-state index contributed by atoms with van der Waals surface area (Å²) in [6, 6.07) is 9.20. The molecule has 2 heterocycles. The molecular formula is C22H22F3N3O4. The molecule has 1 fully saturated rings. The minimum atomic E-state index is -4.47. The topological polar surface area (TPSA) is 81.2 Å². The number of anilines is 1. The summed E-state index contributed by atoms with van der Waals surface area (Å²) in [5, 5.41) is 5.67. The summed E-state index contributed by atoms with van der Waals surface area (Å²) in [5.74, 6) is 0.749. The zero-order valence-corrected chi connectivity index (χ0v) is 17.1. The summed E-state index contributed by atoms with van der Waals surface area (Å²) in [6.45, 7) is 1.90. The third-order valence-electron chi connectivity index (χ3n) is 4.99. The number of amides is 1. The van der Waals surface area contributed by atoms with Crippen molar-refractivity contribution in [3.63, 3.8) is 0 Å². The van der Waals surface area contributed by atoms with Gasteiger partial charge >= 0.3 is 6.18 Å². The number of nitrogens with zero attached hydrogens (tertiary/aromatic N) is 1. The minimum Gasteiger partial charge on any atom is -0.486 e. The molecule has 7 nitrogen and oxygen atoms in total. The number of rotatable bonds is 4. The maximum atomic E-state index is 12.8. The van der Waals surface area contributed by atoms with Crippen LogP contribution < -0.4 is 20.1 Å². The number of hydrogen-bond acceptors (Lipinski definition) is 5. The summed E-state index contributed by atoms with van der Waals surface area (Å²) in [7, 11) is 0. The monoisotopic (exact) mass is 449 g/mol. The third-order valence-corrected chi connectivity index (χ3v) is 4.99. The normalized spacial score (nSPS) is 18.3. The highest BCUT2D eigenvalue weighted by molar-refractivity contribution is 6.10. The second-order valence-electron chi connectivity index (χ2n) is 7.34. The van der Waals surface area contributed by atoms with Crippen LogP contribution >= 0.6 is 0 Å². The number of guanidine groups is 1. The van der Waals surface area contributed by atoms with Crippen molar-refractivity contribution in [2.45, 2.75) is 25.1 Å². The standard InChI is InChI=1S/C22H22F3N3O4/c23-22(24,25)15-5-3-14(4-6-15)20(29)28-21(26-13-17-2-1-9-30-17)27-16-7-8-18-19(12-16)32-11-10-31-18/h3-8,12,17H,1-2,9-11,13H2,(H2,26,27,28,29). The van der Waals surface area contributed by atoms with E-state index in [9.17, 15) is 18.0 Å². The van der Waals surface area contributed by atoms with Gasteiger partial charge in [0.1, 0.15) is 13.2 Å². The molecular weight excluding hydrogens is 427 g/mol. The fourth-order valence-electron chi connectivity index (χ4n) is 3.34. The van der Waals surface area contributed by atoms with E-state index in [0.717, 1.165) is 37.1 Å². The van der Waals surface area contributed by atoms with Crippen molar-refractivity contribution in [1.29, 1.82) is 0 Å². The molecule has 2 aromatic rings. The second-order valence-corrected chi connectivity index (χ2v) is 7.34. The van der Waals surface area contributed by atoms with Gasteiger partial charge in [0.2, 0.25) is 5.96 Å². The number of hydrogen-bond donors (Lipinski definition) is 2. The van der Waals surface area contributed by atoms with Gasteiger partial charge in [-0.25, -0.2) is 4.99 Å². The lowest BCUT2D eigenvalue weighted by Gasteiger charge is -2.19. The van der Waals surface area contributed by atoms with Crippen molar-refractivity contribution < 1.29 is 32.2 Å². The first-order valence-corrected chi connectivity index (χ1v) is 10.2. The number of fused-ring (bicyclic) bond motifs is 1. The SMILES string of the molecule is O=C(NC(=NCC1CCCO1)Nc1ccc2c(c1)OCCO2)c1ccc(C(F)(F)F)cc1. The van der Waals surface area contributed by atoms with Crippen molar-refractivity contribution in [2.75, 3.05) is 31.7 Å². The fraction of sp³-hybridized carbons (Fsp3) is 0.364. The first-order chi connectivity index (χ1) is 15.4. The third kappa shape index (κ3) is 5.50. The van der Waals surface area contributed by atoms with Crippen LogP contribution in [0.2, 0.25) is 0 Å². The van der Waals surface area contributed by atoms with Crippen LogP contribution in [0.4, 0.5) is 18.9 Å². The fourth-order valence-corrected chi connectivity index (χ4v) is 3.34. The lowest BCUT2D eigenvalue weighted by molar-refractivity contribution is -0.137. The van der Waals surface area contributed by atoms with Gasteiger partial charge in [0, 0.05) is 23.9 Å². The lowest BCUT2D eigenvalue weighted by atomic mass is 10.1. The molecule has 4 rings (SSSR count). The number of ether oxygens (including phenoxy) is 3. The minimum absolute atomic E-state index is 0.0463. The molecule has 10 heteroatoms. The van der Waals surface area contributed by atoms with Crippen LogP contribution in [0.5, 0.6) is 11.5 Å². The van der Waals surface area contributed by atoms with Gasteiger partial charge in [-0.05, 0) is 49.2 Å². The average Bonchev–Trinajstić information content (AvgIpc) is 3.30. The Morgan fingerprint density at radius 1 is 1.03 bits per heavy atom. The highest BCUT2D eigenvalue weighted by atomic mass is 19.4. The highest BCUT2D eigenvalue weighted by Gasteiger charge is 2.30. The Morgan fingerprint density at radius 2 is 1.78 bits per heavy atom. The summed E-state index contributed by atoms with van der Waals surface area (Å²) in [5.41, 5.74) is -0.143. The molecule has 1 saturated heterocycles. The van der Waals surface area contributed by atoms with E-state index in [1.165, 1.54) is 0 Å². The van der Waals surface area contributed by atoms with Gasteiger partial charge in [0.15, 0.2) is 11.5 Å². The number of carbonyl (C=O) groups excluding carboxylic acids is 1. The Bertz CT molecular complexity index is 987. The maximum Gasteiger partial charge on any atom is 0.416 e. The van der Waals surface area contributed by atoms with Crippen LogP contribution in [0.25, 0.3) is 0 Å². The van der Waals surface area contributed by atoms with Crippen molar-refractivity contribution in [2.24, 2.45) is 4.99 Å². The Hall–Kier alpha value is -3.27. The van der Waals surface area contributed by atoms with Crippen LogP contribution in [-0.4, -0.2) is 44.3 Å². The van der Waals surface area contributed by atoms with Gasteiger partial charge in [0.05, 0.1) is 18.2 Å². The van der Waals surface area contributed by atoms with E-state index in [1.807, 2.05) is 0 Å². The van der Waals surface area contributed by atoms with Gasteiger partial charge in [-0.2, -0.15) is 13.2 Å². The first kappa shape index (κ1) is 21.9. The molecule has 1 unspecified atom stereocenters. The zero-order valence-electron chi connectivity index (χ0n) is 17.1. The molecule has 2 aliphatic heterocycles. The molecule has 2 aromatic carbocycles. The number of alkyl halides is 3. The molecule has 0 saturated carbocycles. The lowest BCUT2D eigenvalue weighted by Crippen LogP contribution is -2.36. The van der Waals surface area contributed by atoms with Crippen LogP contribution in [0.1, 0.15) is 28.8 Å². The smallest absolute Gasteiger partial charge is 0.416 e. The van der Waals surface area contributed by atoms with E-state index in [2.05, 4.69) is 15.6 Å². The van der Waals surface area contributed by atoms with Crippen molar-refractivity contribution in [3.8, 4) is 11.5 Å².